The molecule has 7 nitrogen and oxygen atoms in total. The third-order valence-corrected chi connectivity index (χ3v) is 4.13. The molecule has 3 rings (SSSR count). The van der Waals surface area contributed by atoms with E-state index < -0.39 is 17.3 Å². The molecule has 2 aromatic heterocycles. The van der Waals surface area contributed by atoms with Gasteiger partial charge < -0.3 is 14.4 Å². The van der Waals surface area contributed by atoms with Crippen molar-refractivity contribution >= 4 is 23.1 Å². The maximum absolute atomic E-state index is 13.7. The number of hydrogen-bond donors (Lipinski definition) is 1. The molecule has 0 amide bonds. The molecule has 2 heterocycles. The number of rotatable bonds is 4. The Morgan fingerprint density at radius 3 is 2.76 bits per heavy atom. The number of hydrogen-bond acceptors (Lipinski definition) is 4. The number of benzene rings is 1. The van der Waals surface area contributed by atoms with Gasteiger partial charge in [0.15, 0.2) is 5.69 Å². The molecular weight excluding hydrogens is 353 g/mol. The van der Waals surface area contributed by atoms with Crippen LogP contribution in [0.2, 0.25) is 5.02 Å². The van der Waals surface area contributed by atoms with Crippen LogP contribution < -0.4 is 5.56 Å². The third kappa shape index (κ3) is 2.79. The molecule has 0 saturated heterocycles. The van der Waals surface area contributed by atoms with Crippen LogP contribution in [0.4, 0.5) is 4.39 Å². The lowest BCUT2D eigenvalue weighted by atomic mass is 10.1. The van der Waals surface area contributed by atoms with E-state index in [1.165, 1.54) is 41.6 Å². The highest BCUT2D eigenvalue weighted by molar-refractivity contribution is 6.30. The van der Waals surface area contributed by atoms with Gasteiger partial charge in [0.1, 0.15) is 11.3 Å². The van der Waals surface area contributed by atoms with E-state index in [-0.39, 0.29) is 28.4 Å². The van der Waals surface area contributed by atoms with Crippen LogP contribution in [0, 0.1) is 5.82 Å². The Morgan fingerprint density at radius 2 is 2.16 bits per heavy atom. The normalized spacial score (nSPS) is 11.2. The average molecular weight is 366 g/mol. The van der Waals surface area contributed by atoms with Crippen LogP contribution in [0.3, 0.4) is 0 Å². The summed E-state index contributed by atoms with van der Waals surface area (Å²) in [5.74, 6) is -1.89. The van der Waals surface area contributed by atoms with Gasteiger partial charge in [-0.25, -0.2) is 13.7 Å². The van der Waals surface area contributed by atoms with Gasteiger partial charge in [-0.15, -0.1) is 0 Å². The van der Waals surface area contributed by atoms with E-state index >= 15 is 0 Å². The molecule has 1 aromatic carbocycles. The van der Waals surface area contributed by atoms with Crippen molar-refractivity contribution in [3.05, 3.63) is 56.8 Å². The Kier molecular flexibility index (Phi) is 4.32. The van der Waals surface area contributed by atoms with Crippen LogP contribution in [-0.4, -0.2) is 32.4 Å². The van der Waals surface area contributed by atoms with Gasteiger partial charge in [0.2, 0.25) is 0 Å². The highest BCUT2D eigenvalue weighted by atomic mass is 35.5. The van der Waals surface area contributed by atoms with Crippen LogP contribution in [0.15, 0.2) is 29.2 Å². The number of carbonyl (C=O) groups is 1. The van der Waals surface area contributed by atoms with E-state index in [1.54, 1.807) is 6.07 Å². The lowest BCUT2D eigenvalue weighted by molar-refractivity contribution is 0.0685. The van der Waals surface area contributed by atoms with Crippen molar-refractivity contribution in [1.82, 2.24) is 14.2 Å². The highest BCUT2D eigenvalue weighted by Gasteiger charge is 2.22. The minimum atomic E-state index is -1.27. The molecule has 3 aromatic rings. The van der Waals surface area contributed by atoms with Crippen molar-refractivity contribution in [1.29, 1.82) is 0 Å². The fraction of sp³-hybridized carbons (Fsp3) is 0.188. The number of aromatic carboxylic acids is 1. The van der Waals surface area contributed by atoms with Crippen LogP contribution in [0.5, 0.6) is 0 Å². The molecule has 0 aliphatic carbocycles. The Labute approximate surface area is 145 Å². The zero-order valence-electron chi connectivity index (χ0n) is 13.3. The summed E-state index contributed by atoms with van der Waals surface area (Å²) in [6.45, 7) is -0.0741. The second-order valence-electron chi connectivity index (χ2n) is 5.37. The first-order chi connectivity index (χ1) is 11.8. The molecule has 130 valence electrons. The maximum Gasteiger partial charge on any atom is 0.356 e. The van der Waals surface area contributed by atoms with Gasteiger partial charge in [-0.2, -0.15) is 5.10 Å². The average Bonchev–Trinajstić information content (AvgIpc) is 2.93. The Morgan fingerprint density at radius 1 is 1.44 bits per heavy atom. The number of halogens is 2. The standard InChI is InChI=1S/C16H13ClFN3O4/c1-20-12(8-3-4-10(17)11(18)5-8)6-21-14(15(20)22)9(7-25-2)13(19-21)16(23)24/h3-6H,7H2,1-2H3,(H,23,24). The fourth-order valence-corrected chi connectivity index (χ4v) is 2.75. The molecule has 0 radical (unpaired) electrons. The van der Waals surface area contributed by atoms with E-state index in [0.29, 0.717) is 11.3 Å². The summed E-state index contributed by atoms with van der Waals surface area (Å²) in [5, 5.41) is 13.2. The number of methoxy groups -OCH3 is 1. The van der Waals surface area contributed by atoms with E-state index in [2.05, 4.69) is 5.10 Å². The van der Waals surface area contributed by atoms with Gasteiger partial charge in [-0.1, -0.05) is 17.7 Å². The number of nitrogens with zero attached hydrogens (tertiary/aromatic N) is 3. The van der Waals surface area contributed by atoms with Gasteiger partial charge in [0.05, 0.1) is 23.5 Å². The van der Waals surface area contributed by atoms with E-state index in [0.717, 1.165) is 0 Å². The molecule has 0 aliphatic heterocycles. The fourth-order valence-electron chi connectivity index (χ4n) is 2.64. The largest absolute Gasteiger partial charge is 0.476 e. The lowest BCUT2D eigenvalue weighted by Gasteiger charge is -2.10. The van der Waals surface area contributed by atoms with Crippen molar-refractivity contribution in [3.63, 3.8) is 0 Å². The number of ether oxygens (including phenoxy) is 1. The Hall–Kier alpha value is -2.71. The first kappa shape index (κ1) is 17.1. The maximum atomic E-state index is 13.7. The number of aromatic nitrogens is 3. The summed E-state index contributed by atoms with van der Waals surface area (Å²) >= 11 is 5.69. The van der Waals surface area contributed by atoms with Crippen LogP contribution in [-0.2, 0) is 18.4 Å². The second kappa shape index (κ2) is 6.30. The van der Waals surface area contributed by atoms with Gasteiger partial charge >= 0.3 is 5.97 Å². The summed E-state index contributed by atoms with van der Waals surface area (Å²) in [6, 6.07) is 4.13. The van der Waals surface area contributed by atoms with Crippen LogP contribution in [0.1, 0.15) is 16.1 Å². The quantitative estimate of drug-likeness (QED) is 0.767. The topological polar surface area (TPSA) is 85.8 Å². The molecular formula is C16H13ClFN3O4. The first-order valence-corrected chi connectivity index (χ1v) is 7.51. The summed E-state index contributed by atoms with van der Waals surface area (Å²) in [4.78, 5) is 24.1. The van der Waals surface area contributed by atoms with Crippen molar-refractivity contribution in [2.45, 2.75) is 6.61 Å². The molecule has 25 heavy (non-hydrogen) atoms. The summed E-state index contributed by atoms with van der Waals surface area (Å²) in [7, 11) is 2.90. The van der Waals surface area contributed by atoms with Gasteiger partial charge in [0.25, 0.3) is 5.56 Å². The molecule has 0 atom stereocenters. The summed E-state index contributed by atoms with van der Waals surface area (Å²) < 4.78 is 21.2. The predicted molar refractivity (Wildman–Crippen MR) is 88.5 cm³/mol. The van der Waals surface area contributed by atoms with Crippen molar-refractivity contribution in [2.24, 2.45) is 7.05 Å². The van der Waals surface area contributed by atoms with Gasteiger partial charge in [0, 0.05) is 25.3 Å². The van der Waals surface area contributed by atoms with Crippen molar-refractivity contribution in [3.8, 4) is 11.3 Å². The first-order valence-electron chi connectivity index (χ1n) is 7.14. The zero-order valence-corrected chi connectivity index (χ0v) is 14.0. The molecule has 0 saturated carbocycles. The molecule has 9 heteroatoms. The smallest absolute Gasteiger partial charge is 0.356 e. The van der Waals surface area contributed by atoms with Gasteiger partial charge in [-0.3, -0.25) is 4.79 Å². The number of fused-ring (bicyclic) bond motifs is 1. The van der Waals surface area contributed by atoms with Crippen LogP contribution in [0.25, 0.3) is 16.8 Å². The molecule has 0 aliphatic rings. The summed E-state index contributed by atoms with van der Waals surface area (Å²) in [6.07, 6.45) is 1.46. The van der Waals surface area contributed by atoms with Gasteiger partial charge in [-0.05, 0) is 12.1 Å². The highest BCUT2D eigenvalue weighted by Crippen LogP contribution is 2.24. The molecule has 0 unspecified atom stereocenters. The molecule has 0 spiro atoms. The van der Waals surface area contributed by atoms with E-state index in [4.69, 9.17) is 16.3 Å². The summed E-state index contributed by atoms with van der Waals surface area (Å²) in [5.41, 5.74) is 0.309. The molecule has 0 fully saturated rings. The van der Waals surface area contributed by atoms with Crippen molar-refractivity contribution in [2.75, 3.05) is 7.11 Å². The monoisotopic (exact) mass is 365 g/mol. The minimum Gasteiger partial charge on any atom is -0.476 e. The Balaban J connectivity index is 2.34. The predicted octanol–water partition coefficient (Wildman–Crippen LogP) is 2.34. The number of carboxylic acid groups (broad SMARTS) is 1. The molecule has 1 N–H and O–H groups in total. The zero-order chi connectivity index (χ0) is 18.3. The van der Waals surface area contributed by atoms with E-state index in [9.17, 15) is 19.1 Å². The molecule has 0 bridgehead atoms. The van der Waals surface area contributed by atoms with Crippen LogP contribution >= 0.6 is 11.6 Å². The lowest BCUT2D eigenvalue weighted by Crippen LogP contribution is -2.22. The SMILES string of the molecule is COCc1c(C(=O)O)nn2cc(-c3ccc(Cl)c(F)c3)n(C)c(=O)c12. The second-order valence-corrected chi connectivity index (χ2v) is 5.77. The number of carboxylic acids is 1. The van der Waals surface area contributed by atoms with E-state index in [1.807, 2.05) is 0 Å². The van der Waals surface area contributed by atoms with Crippen molar-refractivity contribution < 1.29 is 19.0 Å². The Bertz CT molecular complexity index is 1060. The minimum absolute atomic E-state index is 0.0375. The third-order valence-electron chi connectivity index (χ3n) is 3.83.